The van der Waals surface area contributed by atoms with Gasteiger partial charge in [0.1, 0.15) is 0 Å². The van der Waals surface area contributed by atoms with Crippen molar-refractivity contribution in [2.45, 2.75) is 39.3 Å². The molecule has 0 radical (unpaired) electrons. The maximum atomic E-state index is 12.7. The maximum Gasteiger partial charge on any atom is 0.228 e. The van der Waals surface area contributed by atoms with Gasteiger partial charge in [-0.25, -0.2) is 0 Å². The summed E-state index contributed by atoms with van der Waals surface area (Å²) in [6, 6.07) is 9.89. The summed E-state index contributed by atoms with van der Waals surface area (Å²) in [5.41, 5.74) is 1.11. The fourth-order valence-electron chi connectivity index (χ4n) is 3.03. The number of rotatable bonds is 6. The molecule has 24 heavy (non-hydrogen) atoms. The Labute approximate surface area is 141 Å². The Morgan fingerprint density at radius 3 is 2.92 bits per heavy atom. The summed E-state index contributed by atoms with van der Waals surface area (Å²) >= 11 is 0. The standard InChI is InChI=1S/C18H23N3O3/c1-13(11-23-12-15-7-4-3-5-8-15)18(22)21-10-6-9-16(21)17-19-14(2)24-20-17/h3-5,7-8,13,16H,6,9-12H2,1-2H3/t13-,16-/m0/s1. The monoisotopic (exact) mass is 329 g/mol. The first kappa shape index (κ1) is 16.6. The molecule has 128 valence electrons. The fourth-order valence-corrected chi connectivity index (χ4v) is 3.03. The van der Waals surface area contributed by atoms with Crippen molar-refractivity contribution < 1.29 is 14.1 Å². The van der Waals surface area contributed by atoms with E-state index < -0.39 is 0 Å². The van der Waals surface area contributed by atoms with Gasteiger partial charge < -0.3 is 14.2 Å². The van der Waals surface area contributed by atoms with Crippen molar-refractivity contribution in [1.29, 1.82) is 0 Å². The zero-order valence-corrected chi connectivity index (χ0v) is 14.1. The minimum atomic E-state index is -0.192. The van der Waals surface area contributed by atoms with Crippen molar-refractivity contribution in [3.8, 4) is 0 Å². The number of aryl methyl sites for hydroxylation is 1. The lowest BCUT2D eigenvalue weighted by atomic mass is 10.1. The SMILES string of the molecule is Cc1nc([C@@H]2CCCN2C(=O)[C@@H](C)COCc2ccccc2)no1. The van der Waals surface area contributed by atoms with Gasteiger partial charge in [-0.05, 0) is 18.4 Å². The number of benzene rings is 1. The van der Waals surface area contributed by atoms with Gasteiger partial charge in [-0.1, -0.05) is 42.4 Å². The average molecular weight is 329 g/mol. The molecular weight excluding hydrogens is 306 g/mol. The van der Waals surface area contributed by atoms with E-state index in [0.717, 1.165) is 24.9 Å². The molecule has 2 aromatic rings. The van der Waals surface area contributed by atoms with Gasteiger partial charge >= 0.3 is 0 Å². The van der Waals surface area contributed by atoms with Gasteiger partial charge in [-0.2, -0.15) is 4.98 Å². The predicted molar refractivity (Wildman–Crippen MR) is 88.0 cm³/mol. The van der Waals surface area contributed by atoms with Gasteiger partial charge in [0.25, 0.3) is 0 Å². The van der Waals surface area contributed by atoms with E-state index in [4.69, 9.17) is 9.26 Å². The number of nitrogens with zero attached hydrogens (tertiary/aromatic N) is 3. The molecule has 1 amide bonds. The van der Waals surface area contributed by atoms with Gasteiger partial charge in [-0.15, -0.1) is 0 Å². The van der Waals surface area contributed by atoms with E-state index in [9.17, 15) is 4.79 Å². The lowest BCUT2D eigenvalue weighted by molar-refractivity contribution is -0.138. The van der Waals surface area contributed by atoms with Crippen molar-refractivity contribution in [1.82, 2.24) is 15.0 Å². The number of hydrogen-bond donors (Lipinski definition) is 0. The Morgan fingerprint density at radius 1 is 1.42 bits per heavy atom. The summed E-state index contributed by atoms with van der Waals surface area (Å²) in [7, 11) is 0. The smallest absolute Gasteiger partial charge is 0.228 e. The minimum Gasteiger partial charge on any atom is -0.376 e. The molecule has 6 heteroatoms. The molecule has 0 saturated carbocycles. The number of aromatic nitrogens is 2. The molecule has 0 bridgehead atoms. The number of ether oxygens (including phenoxy) is 1. The molecule has 0 aliphatic carbocycles. The summed E-state index contributed by atoms with van der Waals surface area (Å²) in [6.45, 7) is 5.33. The van der Waals surface area contributed by atoms with E-state index in [1.165, 1.54) is 0 Å². The van der Waals surface area contributed by atoms with Crippen LogP contribution in [0.4, 0.5) is 0 Å². The van der Waals surface area contributed by atoms with Gasteiger partial charge in [0.05, 0.1) is 25.2 Å². The molecule has 2 heterocycles. The summed E-state index contributed by atoms with van der Waals surface area (Å²) in [4.78, 5) is 18.9. The molecule has 2 atom stereocenters. The highest BCUT2D eigenvalue weighted by atomic mass is 16.5. The van der Waals surface area contributed by atoms with Gasteiger partial charge in [0, 0.05) is 13.5 Å². The Kier molecular flexibility index (Phi) is 5.25. The van der Waals surface area contributed by atoms with E-state index >= 15 is 0 Å². The first-order chi connectivity index (χ1) is 11.6. The summed E-state index contributed by atoms with van der Waals surface area (Å²) < 4.78 is 10.8. The summed E-state index contributed by atoms with van der Waals surface area (Å²) in [6.07, 6.45) is 1.84. The van der Waals surface area contributed by atoms with Crippen LogP contribution in [-0.2, 0) is 16.1 Å². The van der Waals surface area contributed by atoms with Gasteiger partial charge in [-0.3, -0.25) is 4.79 Å². The molecule has 1 aromatic carbocycles. The average Bonchev–Trinajstić information content (AvgIpc) is 3.23. The number of likely N-dealkylation sites (tertiary alicyclic amines) is 1. The molecule has 1 fully saturated rings. The highest BCUT2D eigenvalue weighted by Gasteiger charge is 2.35. The third-order valence-electron chi connectivity index (χ3n) is 4.28. The molecule has 1 aliphatic heterocycles. The van der Waals surface area contributed by atoms with E-state index in [1.54, 1.807) is 6.92 Å². The molecule has 6 nitrogen and oxygen atoms in total. The third kappa shape index (κ3) is 3.82. The van der Waals surface area contributed by atoms with Crippen LogP contribution in [0.2, 0.25) is 0 Å². The second-order valence-electron chi connectivity index (χ2n) is 6.26. The Bertz CT molecular complexity index is 671. The van der Waals surface area contributed by atoms with Crippen molar-refractivity contribution in [3.63, 3.8) is 0 Å². The first-order valence-electron chi connectivity index (χ1n) is 8.37. The van der Waals surface area contributed by atoms with Crippen LogP contribution in [0.1, 0.15) is 43.1 Å². The second kappa shape index (κ2) is 7.57. The molecule has 0 spiro atoms. The van der Waals surface area contributed by atoms with Crippen LogP contribution in [-0.4, -0.2) is 34.1 Å². The topological polar surface area (TPSA) is 68.5 Å². The summed E-state index contributed by atoms with van der Waals surface area (Å²) in [5.74, 6) is 1.04. The molecule has 0 N–H and O–H groups in total. The Morgan fingerprint density at radius 2 is 2.21 bits per heavy atom. The van der Waals surface area contributed by atoms with Crippen LogP contribution in [0.5, 0.6) is 0 Å². The van der Waals surface area contributed by atoms with Crippen molar-refractivity contribution in [3.05, 3.63) is 47.6 Å². The van der Waals surface area contributed by atoms with Gasteiger partial charge in [0.2, 0.25) is 11.8 Å². The van der Waals surface area contributed by atoms with E-state index in [-0.39, 0.29) is 17.9 Å². The zero-order chi connectivity index (χ0) is 16.9. The molecule has 3 rings (SSSR count). The van der Waals surface area contributed by atoms with Crippen LogP contribution in [0.25, 0.3) is 0 Å². The zero-order valence-electron chi connectivity index (χ0n) is 14.1. The van der Waals surface area contributed by atoms with Crippen LogP contribution in [0.15, 0.2) is 34.9 Å². The minimum absolute atomic E-state index is 0.0773. The number of carbonyl (C=O) groups is 1. The first-order valence-corrected chi connectivity index (χ1v) is 8.37. The van der Waals surface area contributed by atoms with Crippen LogP contribution in [0, 0.1) is 12.8 Å². The summed E-state index contributed by atoms with van der Waals surface area (Å²) in [5, 5.41) is 3.98. The maximum absolute atomic E-state index is 12.7. The number of hydrogen-bond acceptors (Lipinski definition) is 5. The Balaban J connectivity index is 1.54. The third-order valence-corrected chi connectivity index (χ3v) is 4.28. The van der Waals surface area contributed by atoms with E-state index in [0.29, 0.717) is 24.9 Å². The normalized spacial score (nSPS) is 18.8. The Hall–Kier alpha value is -2.21. The fraction of sp³-hybridized carbons (Fsp3) is 0.500. The molecule has 1 aliphatic rings. The highest BCUT2D eigenvalue weighted by molar-refractivity contribution is 5.79. The molecular formula is C18H23N3O3. The lowest BCUT2D eigenvalue weighted by Crippen LogP contribution is -2.36. The highest BCUT2D eigenvalue weighted by Crippen LogP contribution is 2.31. The molecule has 1 aromatic heterocycles. The molecule has 1 saturated heterocycles. The van der Waals surface area contributed by atoms with Crippen molar-refractivity contribution in [2.75, 3.05) is 13.2 Å². The van der Waals surface area contributed by atoms with Gasteiger partial charge in [0.15, 0.2) is 5.82 Å². The van der Waals surface area contributed by atoms with Crippen LogP contribution in [0.3, 0.4) is 0 Å². The van der Waals surface area contributed by atoms with E-state index in [2.05, 4.69) is 10.1 Å². The lowest BCUT2D eigenvalue weighted by Gasteiger charge is -2.25. The molecule has 0 unspecified atom stereocenters. The van der Waals surface area contributed by atoms with E-state index in [1.807, 2.05) is 42.2 Å². The second-order valence-corrected chi connectivity index (χ2v) is 6.26. The predicted octanol–water partition coefficient (Wildman–Crippen LogP) is 2.89. The van der Waals surface area contributed by atoms with Crippen LogP contribution < -0.4 is 0 Å². The van der Waals surface area contributed by atoms with Crippen LogP contribution >= 0.6 is 0 Å². The van der Waals surface area contributed by atoms with Crippen molar-refractivity contribution >= 4 is 5.91 Å². The largest absolute Gasteiger partial charge is 0.376 e. The number of amides is 1. The number of carbonyl (C=O) groups excluding carboxylic acids is 1. The van der Waals surface area contributed by atoms with Crippen molar-refractivity contribution in [2.24, 2.45) is 5.92 Å². The quantitative estimate of drug-likeness (QED) is 0.815.